The summed E-state index contributed by atoms with van der Waals surface area (Å²) < 4.78 is 65.5. The van der Waals surface area contributed by atoms with Crippen LogP contribution < -0.4 is 5.32 Å². The molecule has 0 aromatic rings. The molecule has 0 heterocycles. The second kappa shape index (κ2) is 3.04. The molecule has 60 valence electrons. The zero-order valence-corrected chi connectivity index (χ0v) is 5.99. The number of carbonyl (C=O) groups is 1. The van der Waals surface area contributed by atoms with E-state index < -0.39 is 37.9 Å². The summed E-state index contributed by atoms with van der Waals surface area (Å²) in [6.45, 7) is -7.42. The minimum atomic E-state index is -3.41. The zero-order chi connectivity index (χ0) is 15.9. The number of carbonyl (C=O) groups excluding carboxylic acids is 1. The zero-order valence-electron chi connectivity index (χ0n) is 15.0. The first-order chi connectivity index (χ1) is 8.08. The van der Waals surface area contributed by atoms with Crippen LogP contribution in [-0.4, -0.2) is 11.4 Å². The second-order valence-electron chi connectivity index (χ2n) is 2.39. The maximum absolute atomic E-state index is 11.6. The molecule has 2 nitrogen and oxygen atoms in total. The summed E-state index contributed by atoms with van der Waals surface area (Å²) in [7, 11) is 0. The van der Waals surface area contributed by atoms with E-state index >= 15 is 0 Å². The van der Waals surface area contributed by atoms with Gasteiger partial charge in [-0.2, -0.15) is 0 Å². The van der Waals surface area contributed by atoms with Gasteiger partial charge in [0.15, 0.2) is 0 Å². The van der Waals surface area contributed by atoms with Gasteiger partial charge in [0.05, 0.1) is 0 Å². The highest BCUT2D eigenvalue weighted by Crippen LogP contribution is 2.01. The molecule has 0 saturated heterocycles. The van der Waals surface area contributed by atoms with Crippen molar-refractivity contribution in [2.24, 2.45) is 5.92 Å². The van der Waals surface area contributed by atoms with Gasteiger partial charge in [-0.3, -0.25) is 4.79 Å². The normalized spacial score (nSPS) is 28.9. The molecule has 0 bridgehead atoms. The largest absolute Gasteiger partial charge is 0.351 e. The fraction of sp³-hybridized carbons (Fsp3) is 0.875. The van der Waals surface area contributed by atoms with Gasteiger partial charge in [0, 0.05) is 23.8 Å². The maximum atomic E-state index is 11.6. The van der Waals surface area contributed by atoms with Crippen LogP contribution in [0.3, 0.4) is 0 Å². The maximum Gasteiger partial charge on any atom is 0.222 e. The van der Waals surface area contributed by atoms with E-state index in [0.717, 1.165) is 0 Å². The van der Waals surface area contributed by atoms with E-state index in [1.807, 2.05) is 0 Å². The molecule has 0 fully saturated rings. The van der Waals surface area contributed by atoms with Crippen LogP contribution in [0, 0.1) is 5.92 Å². The SMILES string of the molecule is [2H]C([2H])([2H])C(NC(=O)C(C)C)(C([2H])([2H])[2H])C([2H])([2H])[2H]. The van der Waals surface area contributed by atoms with E-state index in [-0.39, 0.29) is 0 Å². The van der Waals surface area contributed by atoms with Crippen molar-refractivity contribution >= 4 is 5.91 Å². The van der Waals surface area contributed by atoms with E-state index in [2.05, 4.69) is 0 Å². The van der Waals surface area contributed by atoms with Crippen LogP contribution in [-0.2, 0) is 4.79 Å². The van der Waals surface area contributed by atoms with Crippen LogP contribution >= 0.6 is 0 Å². The van der Waals surface area contributed by atoms with Crippen molar-refractivity contribution in [2.75, 3.05) is 0 Å². The summed E-state index contributed by atoms with van der Waals surface area (Å²) in [5, 5.41) is 1.72. The Labute approximate surface area is 75.6 Å². The van der Waals surface area contributed by atoms with E-state index in [1.165, 1.54) is 13.8 Å². The second-order valence-corrected chi connectivity index (χ2v) is 2.39. The molecule has 0 aromatic heterocycles. The average molecular weight is 152 g/mol. The summed E-state index contributed by atoms with van der Waals surface area (Å²) in [6.07, 6.45) is 0. The van der Waals surface area contributed by atoms with Crippen molar-refractivity contribution in [1.82, 2.24) is 5.32 Å². The monoisotopic (exact) mass is 152 g/mol. The first-order valence-corrected chi connectivity index (χ1v) is 2.90. The van der Waals surface area contributed by atoms with Crippen molar-refractivity contribution in [3.8, 4) is 0 Å². The predicted molar refractivity (Wildman–Crippen MR) is 42.7 cm³/mol. The highest BCUT2D eigenvalue weighted by atomic mass is 16.1. The fourth-order valence-corrected chi connectivity index (χ4v) is 0.329. The molecule has 0 aliphatic rings. The van der Waals surface area contributed by atoms with Gasteiger partial charge in [-0.25, -0.2) is 0 Å². The summed E-state index contributed by atoms with van der Waals surface area (Å²) in [4.78, 5) is 11.6. The highest BCUT2D eigenvalue weighted by molar-refractivity contribution is 5.78. The Morgan fingerprint density at radius 2 is 2.00 bits per heavy atom. The quantitative estimate of drug-likeness (QED) is 0.607. The smallest absolute Gasteiger partial charge is 0.222 e. The minimum Gasteiger partial charge on any atom is -0.351 e. The molecule has 0 atom stereocenters. The molecule has 0 aromatic carbocycles. The summed E-state index contributed by atoms with van der Waals surface area (Å²) in [5.41, 5.74) is -3.28. The number of nitrogens with one attached hydrogen (secondary N) is 1. The van der Waals surface area contributed by atoms with Crippen molar-refractivity contribution in [1.29, 1.82) is 0 Å². The van der Waals surface area contributed by atoms with Crippen molar-refractivity contribution < 1.29 is 17.1 Å². The van der Waals surface area contributed by atoms with Gasteiger partial charge in [-0.15, -0.1) is 0 Å². The van der Waals surface area contributed by atoms with Crippen LogP contribution in [0.4, 0.5) is 0 Å². The van der Waals surface area contributed by atoms with Gasteiger partial charge in [-0.1, -0.05) is 13.8 Å². The molecule has 2 heteroatoms. The van der Waals surface area contributed by atoms with Crippen LogP contribution in [0.15, 0.2) is 0 Å². The van der Waals surface area contributed by atoms with Crippen LogP contribution in [0.1, 0.15) is 46.7 Å². The number of amides is 1. The molecule has 1 N–H and O–H groups in total. The molecule has 10 heavy (non-hydrogen) atoms. The Morgan fingerprint density at radius 1 is 1.50 bits per heavy atom. The van der Waals surface area contributed by atoms with E-state index in [0.29, 0.717) is 0 Å². The Hall–Kier alpha value is -0.530. The Kier molecular flexibility index (Phi) is 0.677. The minimum absolute atomic E-state index is 0.744. The third kappa shape index (κ3) is 4.36. The van der Waals surface area contributed by atoms with Crippen molar-refractivity contribution in [3.63, 3.8) is 0 Å². The van der Waals surface area contributed by atoms with E-state index in [9.17, 15) is 4.79 Å². The molecule has 0 aliphatic carbocycles. The Balaban J connectivity index is 6.05. The van der Waals surface area contributed by atoms with Gasteiger partial charge in [0.1, 0.15) is 0 Å². The third-order valence-corrected chi connectivity index (χ3v) is 0.835. The summed E-state index contributed by atoms with van der Waals surface area (Å²) in [6, 6.07) is 0. The Morgan fingerprint density at radius 3 is 2.30 bits per heavy atom. The topological polar surface area (TPSA) is 29.1 Å². The van der Waals surface area contributed by atoms with Crippen molar-refractivity contribution in [3.05, 3.63) is 0 Å². The lowest BCUT2D eigenvalue weighted by molar-refractivity contribution is -0.125. The number of rotatable bonds is 1. The lowest BCUT2D eigenvalue weighted by Gasteiger charge is -2.21. The molecule has 0 radical (unpaired) electrons. The molecule has 0 unspecified atom stereocenters. The van der Waals surface area contributed by atoms with Gasteiger partial charge in [0.25, 0.3) is 0 Å². The van der Waals surface area contributed by atoms with Gasteiger partial charge >= 0.3 is 0 Å². The van der Waals surface area contributed by atoms with Crippen molar-refractivity contribution in [2.45, 2.75) is 39.9 Å². The molecule has 0 spiro atoms. The van der Waals surface area contributed by atoms with Gasteiger partial charge in [0.2, 0.25) is 5.91 Å². The van der Waals surface area contributed by atoms with Crippen LogP contribution in [0.2, 0.25) is 0 Å². The van der Waals surface area contributed by atoms with Crippen LogP contribution in [0.5, 0.6) is 0 Å². The standard InChI is InChI=1S/C8H17NO/c1-6(2)7(10)9-8(3,4)5/h6H,1-5H3,(H,9,10)/i3D3,4D3,5D3. The third-order valence-electron chi connectivity index (χ3n) is 0.835. The lowest BCUT2D eigenvalue weighted by atomic mass is 10.1. The molecular weight excluding hydrogens is 126 g/mol. The van der Waals surface area contributed by atoms with E-state index in [4.69, 9.17) is 12.3 Å². The highest BCUT2D eigenvalue weighted by Gasteiger charge is 2.15. The Bertz CT molecular complexity index is 302. The number of hydrogen-bond acceptors (Lipinski definition) is 1. The molecule has 0 aliphatic heterocycles. The lowest BCUT2D eigenvalue weighted by Crippen LogP contribution is -2.42. The molecular formula is C8H17NO. The fourth-order valence-electron chi connectivity index (χ4n) is 0.329. The molecule has 1 amide bonds. The predicted octanol–water partition coefficient (Wildman–Crippen LogP) is 1.56. The van der Waals surface area contributed by atoms with Gasteiger partial charge < -0.3 is 5.32 Å². The van der Waals surface area contributed by atoms with Crippen LogP contribution in [0.25, 0.3) is 0 Å². The average Bonchev–Trinajstić information content (AvgIpc) is 2.06. The molecule has 0 saturated carbocycles. The number of hydrogen-bond donors (Lipinski definition) is 1. The van der Waals surface area contributed by atoms with Gasteiger partial charge in [-0.05, 0) is 20.6 Å². The van der Waals surface area contributed by atoms with E-state index in [1.54, 1.807) is 5.32 Å². The first kappa shape index (κ1) is 2.23. The summed E-state index contributed by atoms with van der Waals surface area (Å²) in [5.74, 6) is -1.69. The summed E-state index contributed by atoms with van der Waals surface area (Å²) >= 11 is 0. The first-order valence-electron chi connectivity index (χ1n) is 7.40. The molecule has 0 rings (SSSR count).